The Morgan fingerprint density at radius 1 is 1.50 bits per heavy atom. The number of rotatable bonds is 3. The molecule has 1 unspecified atom stereocenters. The second-order valence-corrected chi connectivity index (χ2v) is 3.91. The number of esters is 1. The van der Waals surface area contributed by atoms with Crippen molar-refractivity contribution in [2.24, 2.45) is 0 Å². The van der Waals surface area contributed by atoms with Crippen LogP contribution in [0.25, 0.3) is 0 Å². The SMILES string of the molecule is O=C(OCC1CCCN1)c1ccccc1O. The minimum Gasteiger partial charge on any atom is -0.507 e. The molecule has 1 aliphatic heterocycles. The van der Waals surface area contributed by atoms with E-state index in [4.69, 9.17) is 4.74 Å². The number of phenolic OH excluding ortho intramolecular Hbond substituents is 1. The van der Waals surface area contributed by atoms with Crippen molar-refractivity contribution in [2.45, 2.75) is 18.9 Å². The maximum absolute atomic E-state index is 11.6. The van der Waals surface area contributed by atoms with Crippen LogP contribution < -0.4 is 5.32 Å². The maximum Gasteiger partial charge on any atom is 0.341 e. The summed E-state index contributed by atoms with van der Waals surface area (Å²) in [6, 6.07) is 6.66. The van der Waals surface area contributed by atoms with Gasteiger partial charge in [-0.3, -0.25) is 0 Å². The van der Waals surface area contributed by atoms with Gasteiger partial charge >= 0.3 is 5.97 Å². The number of aromatic hydroxyl groups is 1. The number of phenols is 1. The summed E-state index contributed by atoms with van der Waals surface area (Å²) in [5.41, 5.74) is 0.223. The Kier molecular flexibility index (Phi) is 3.41. The molecule has 16 heavy (non-hydrogen) atoms. The van der Waals surface area contributed by atoms with E-state index in [1.807, 2.05) is 0 Å². The van der Waals surface area contributed by atoms with E-state index in [0.29, 0.717) is 6.61 Å². The summed E-state index contributed by atoms with van der Waals surface area (Å²) in [5.74, 6) is -0.501. The van der Waals surface area contributed by atoms with Gasteiger partial charge in [0.25, 0.3) is 0 Å². The number of carbonyl (C=O) groups is 1. The molecule has 4 nitrogen and oxygen atoms in total. The molecule has 1 atom stereocenters. The molecule has 86 valence electrons. The van der Waals surface area contributed by atoms with Crippen LogP contribution in [0.5, 0.6) is 5.75 Å². The highest BCUT2D eigenvalue weighted by Gasteiger charge is 2.17. The first kappa shape index (κ1) is 11.0. The molecule has 1 aromatic carbocycles. The number of carbonyl (C=O) groups excluding carboxylic acids is 1. The molecule has 0 radical (unpaired) electrons. The molecule has 0 bridgehead atoms. The summed E-state index contributed by atoms with van der Waals surface area (Å²) in [5, 5.41) is 12.7. The highest BCUT2D eigenvalue weighted by molar-refractivity contribution is 5.92. The van der Waals surface area contributed by atoms with Gasteiger partial charge < -0.3 is 15.2 Å². The highest BCUT2D eigenvalue weighted by atomic mass is 16.5. The zero-order valence-electron chi connectivity index (χ0n) is 8.98. The third kappa shape index (κ3) is 2.52. The fraction of sp³-hybridized carbons (Fsp3) is 0.417. The standard InChI is InChI=1S/C12H15NO3/c14-11-6-2-1-5-10(11)12(15)16-8-9-4-3-7-13-9/h1-2,5-6,9,13-14H,3-4,7-8H2. The van der Waals surface area contributed by atoms with Crippen molar-refractivity contribution < 1.29 is 14.6 Å². The summed E-state index contributed by atoms with van der Waals surface area (Å²) in [4.78, 5) is 11.6. The van der Waals surface area contributed by atoms with Crippen molar-refractivity contribution in [3.8, 4) is 5.75 Å². The zero-order chi connectivity index (χ0) is 11.4. The van der Waals surface area contributed by atoms with Crippen molar-refractivity contribution in [3.05, 3.63) is 29.8 Å². The van der Waals surface area contributed by atoms with Crippen LogP contribution in [-0.4, -0.2) is 30.3 Å². The smallest absolute Gasteiger partial charge is 0.341 e. The molecule has 4 heteroatoms. The van der Waals surface area contributed by atoms with Crippen LogP contribution in [0.3, 0.4) is 0 Å². The van der Waals surface area contributed by atoms with Gasteiger partial charge in [0, 0.05) is 6.04 Å². The first-order valence-electron chi connectivity index (χ1n) is 5.46. The van der Waals surface area contributed by atoms with Crippen molar-refractivity contribution in [2.75, 3.05) is 13.2 Å². The number of hydrogen-bond donors (Lipinski definition) is 2. The van der Waals surface area contributed by atoms with Crippen LogP contribution in [0.2, 0.25) is 0 Å². The third-order valence-corrected chi connectivity index (χ3v) is 2.70. The van der Waals surface area contributed by atoms with Gasteiger partial charge in [-0.05, 0) is 31.5 Å². The summed E-state index contributed by atoms with van der Waals surface area (Å²) in [7, 11) is 0. The van der Waals surface area contributed by atoms with E-state index in [1.54, 1.807) is 18.2 Å². The van der Waals surface area contributed by atoms with Crippen LogP contribution in [0.1, 0.15) is 23.2 Å². The molecular weight excluding hydrogens is 206 g/mol. The van der Waals surface area contributed by atoms with E-state index in [2.05, 4.69) is 5.32 Å². The Bertz CT molecular complexity index is 372. The Balaban J connectivity index is 1.90. The minimum atomic E-state index is -0.466. The topological polar surface area (TPSA) is 58.6 Å². The van der Waals surface area contributed by atoms with Gasteiger partial charge in [0.05, 0.1) is 0 Å². The van der Waals surface area contributed by atoms with Crippen molar-refractivity contribution in [3.63, 3.8) is 0 Å². The minimum absolute atomic E-state index is 0.0353. The van der Waals surface area contributed by atoms with E-state index in [1.165, 1.54) is 6.07 Å². The first-order valence-corrected chi connectivity index (χ1v) is 5.46. The maximum atomic E-state index is 11.6. The molecule has 0 spiro atoms. The normalized spacial score (nSPS) is 19.6. The number of para-hydroxylation sites is 1. The second kappa shape index (κ2) is 4.99. The molecule has 1 saturated heterocycles. The lowest BCUT2D eigenvalue weighted by Crippen LogP contribution is -2.28. The van der Waals surface area contributed by atoms with Crippen molar-refractivity contribution >= 4 is 5.97 Å². The molecule has 0 saturated carbocycles. The second-order valence-electron chi connectivity index (χ2n) is 3.91. The lowest BCUT2D eigenvalue weighted by molar-refractivity contribution is 0.0470. The van der Waals surface area contributed by atoms with Gasteiger partial charge in [-0.15, -0.1) is 0 Å². The van der Waals surface area contributed by atoms with Gasteiger partial charge in [-0.1, -0.05) is 12.1 Å². The number of benzene rings is 1. The van der Waals surface area contributed by atoms with Crippen LogP contribution in [0, 0.1) is 0 Å². The molecule has 1 aromatic rings. The zero-order valence-corrected chi connectivity index (χ0v) is 8.98. The van der Waals surface area contributed by atoms with E-state index in [0.717, 1.165) is 19.4 Å². The molecular formula is C12H15NO3. The number of hydrogen-bond acceptors (Lipinski definition) is 4. The Labute approximate surface area is 94.2 Å². The van der Waals surface area contributed by atoms with Gasteiger partial charge in [0.2, 0.25) is 0 Å². The molecule has 2 rings (SSSR count). The van der Waals surface area contributed by atoms with Crippen LogP contribution in [0.15, 0.2) is 24.3 Å². The van der Waals surface area contributed by atoms with Gasteiger partial charge in [-0.2, -0.15) is 0 Å². The molecule has 1 fully saturated rings. The van der Waals surface area contributed by atoms with Crippen molar-refractivity contribution in [1.29, 1.82) is 0 Å². The van der Waals surface area contributed by atoms with Crippen LogP contribution in [0.4, 0.5) is 0 Å². The van der Waals surface area contributed by atoms with E-state index in [9.17, 15) is 9.90 Å². The predicted molar refractivity (Wildman–Crippen MR) is 59.4 cm³/mol. The summed E-state index contributed by atoms with van der Waals surface area (Å²) in [6.07, 6.45) is 2.16. The van der Waals surface area contributed by atoms with Gasteiger partial charge in [0.1, 0.15) is 17.9 Å². The Morgan fingerprint density at radius 2 is 2.31 bits per heavy atom. The molecule has 1 heterocycles. The lowest BCUT2D eigenvalue weighted by atomic mass is 10.2. The van der Waals surface area contributed by atoms with E-state index >= 15 is 0 Å². The summed E-state index contributed by atoms with van der Waals surface area (Å²) in [6.45, 7) is 1.35. The molecule has 1 aliphatic rings. The monoisotopic (exact) mass is 221 g/mol. The average Bonchev–Trinajstić information content (AvgIpc) is 2.79. The lowest BCUT2D eigenvalue weighted by Gasteiger charge is -2.11. The third-order valence-electron chi connectivity index (χ3n) is 2.70. The van der Waals surface area contributed by atoms with E-state index < -0.39 is 5.97 Å². The molecule has 0 aromatic heterocycles. The number of nitrogens with one attached hydrogen (secondary N) is 1. The summed E-state index contributed by atoms with van der Waals surface area (Å²) >= 11 is 0. The fourth-order valence-corrected chi connectivity index (χ4v) is 1.80. The average molecular weight is 221 g/mol. The molecule has 0 amide bonds. The van der Waals surface area contributed by atoms with Crippen LogP contribution in [-0.2, 0) is 4.74 Å². The molecule has 0 aliphatic carbocycles. The number of ether oxygens (including phenoxy) is 1. The quantitative estimate of drug-likeness (QED) is 0.755. The van der Waals surface area contributed by atoms with Gasteiger partial charge in [0.15, 0.2) is 0 Å². The largest absolute Gasteiger partial charge is 0.507 e. The van der Waals surface area contributed by atoms with Crippen LogP contribution >= 0.6 is 0 Å². The van der Waals surface area contributed by atoms with E-state index in [-0.39, 0.29) is 17.4 Å². The van der Waals surface area contributed by atoms with Gasteiger partial charge in [-0.25, -0.2) is 4.79 Å². The summed E-state index contributed by atoms with van der Waals surface area (Å²) < 4.78 is 5.13. The Morgan fingerprint density at radius 3 is 3.00 bits per heavy atom. The predicted octanol–water partition coefficient (Wildman–Crippen LogP) is 1.30. The molecule has 2 N–H and O–H groups in total. The fourth-order valence-electron chi connectivity index (χ4n) is 1.80. The first-order chi connectivity index (χ1) is 7.77. The highest BCUT2D eigenvalue weighted by Crippen LogP contribution is 2.17. The van der Waals surface area contributed by atoms with Crippen molar-refractivity contribution in [1.82, 2.24) is 5.32 Å². The Hall–Kier alpha value is -1.55.